The molecule has 1 heterocycles. The molecule has 1 saturated heterocycles. The van der Waals surface area contributed by atoms with Crippen LogP contribution >= 0.6 is 0 Å². The molecular formula is C17H34N2. The van der Waals surface area contributed by atoms with E-state index in [0.29, 0.717) is 12.1 Å². The summed E-state index contributed by atoms with van der Waals surface area (Å²) in [5, 5.41) is 0. The van der Waals surface area contributed by atoms with Gasteiger partial charge in [0, 0.05) is 31.7 Å². The average Bonchev–Trinajstić information content (AvgIpc) is 2.44. The highest BCUT2D eigenvalue weighted by atomic mass is 15.3. The van der Waals surface area contributed by atoms with Crippen LogP contribution in [0.1, 0.15) is 34.6 Å². The zero-order chi connectivity index (χ0) is 15.4. The van der Waals surface area contributed by atoms with Crippen molar-refractivity contribution < 1.29 is 0 Å². The van der Waals surface area contributed by atoms with E-state index in [4.69, 9.17) is 0 Å². The smallest absolute Gasteiger partial charge is 0.0474 e. The topological polar surface area (TPSA) is 6.48 Å². The molecule has 1 unspecified atom stereocenters. The molecule has 2 nitrogen and oxygen atoms in total. The second-order valence-electron chi connectivity index (χ2n) is 4.60. The Hall–Kier alpha value is -0.860. The molecule has 19 heavy (non-hydrogen) atoms. The Morgan fingerprint density at radius 1 is 1.21 bits per heavy atom. The standard InChI is InChI=1S/C13H24N2.C2H6.C2H4/c1-6-12(7-2)13-10-14(5)8-9-15(13)11(3)4;2*1-2/h6-7,11,13H,1,8-10H2,2-5H3;1-2H3;1-2H2/b12-7+;;. The van der Waals surface area contributed by atoms with Gasteiger partial charge in [-0.3, -0.25) is 4.90 Å². The van der Waals surface area contributed by atoms with E-state index in [1.54, 1.807) is 0 Å². The first-order valence-electron chi connectivity index (χ1n) is 7.33. The summed E-state index contributed by atoms with van der Waals surface area (Å²) in [4.78, 5) is 4.97. The maximum absolute atomic E-state index is 3.91. The molecule has 1 aliphatic rings. The van der Waals surface area contributed by atoms with E-state index < -0.39 is 0 Å². The van der Waals surface area contributed by atoms with Gasteiger partial charge in [-0.2, -0.15) is 0 Å². The molecule has 2 heteroatoms. The van der Waals surface area contributed by atoms with Crippen molar-refractivity contribution in [1.82, 2.24) is 9.80 Å². The fourth-order valence-electron chi connectivity index (χ4n) is 2.29. The summed E-state index contributed by atoms with van der Waals surface area (Å²) in [6.07, 6.45) is 4.19. The highest BCUT2D eigenvalue weighted by molar-refractivity contribution is 5.23. The van der Waals surface area contributed by atoms with Gasteiger partial charge in [-0.1, -0.05) is 32.6 Å². The van der Waals surface area contributed by atoms with Gasteiger partial charge in [-0.05, 0) is 33.4 Å². The zero-order valence-corrected chi connectivity index (χ0v) is 13.9. The molecule has 1 rings (SSSR count). The Kier molecular flexibility index (Phi) is 13.1. The lowest BCUT2D eigenvalue weighted by Crippen LogP contribution is -2.54. The fourth-order valence-corrected chi connectivity index (χ4v) is 2.29. The molecule has 112 valence electrons. The van der Waals surface area contributed by atoms with E-state index >= 15 is 0 Å². The Balaban J connectivity index is 0. The molecule has 0 aromatic heterocycles. The SMILES string of the molecule is C=C.C=C/C(=C\C)C1CN(C)CCN1C(C)C.CC. The minimum Gasteiger partial charge on any atom is -0.303 e. The van der Waals surface area contributed by atoms with E-state index in [-0.39, 0.29) is 0 Å². The number of nitrogens with zero attached hydrogens (tertiary/aromatic N) is 2. The van der Waals surface area contributed by atoms with E-state index in [1.807, 2.05) is 19.9 Å². The minimum atomic E-state index is 0.520. The summed E-state index contributed by atoms with van der Waals surface area (Å²) in [5.41, 5.74) is 1.36. The Labute approximate surface area is 121 Å². The van der Waals surface area contributed by atoms with Crippen LogP contribution in [0.25, 0.3) is 0 Å². The van der Waals surface area contributed by atoms with Crippen LogP contribution in [0.4, 0.5) is 0 Å². The van der Waals surface area contributed by atoms with E-state index in [9.17, 15) is 0 Å². The normalized spacial score (nSPS) is 21.0. The number of likely N-dealkylation sites (N-methyl/N-ethyl adjacent to an activating group) is 1. The maximum Gasteiger partial charge on any atom is 0.0474 e. The van der Waals surface area contributed by atoms with E-state index in [0.717, 1.165) is 13.1 Å². The van der Waals surface area contributed by atoms with E-state index in [1.165, 1.54) is 12.1 Å². The molecule has 0 radical (unpaired) electrons. The summed E-state index contributed by atoms with van der Waals surface area (Å²) < 4.78 is 0. The molecule has 0 saturated carbocycles. The largest absolute Gasteiger partial charge is 0.303 e. The van der Waals surface area contributed by atoms with Gasteiger partial charge in [-0.15, -0.1) is 13.2 Å². The monoisotopic (exact) mass is 266 g/mol. The van der Waals surface area contributed by atoms with Gasteiger partial charge < -0.3 is 4.90 Å². The van der Waals surface area contributed by atoms with Gasteiger partial charge in [0.05, 0.1) is 0 Å². The summed E-state index contributed by atoms with van der Waals surface area (Å²) in [5.74, 6) is 0. The van der Waals surface area contributed by atoms with Crippen LogP contribution in [-0.4, -0.2) is 48.6 Å². The predicted octanol–water partition coefficient (Wildman–Crippen LogP) is 3.97. The molecule has 1 atom stereocenters. The van der Waals surface area contributed by atoms with Crippen LogP contribution in [0.15, 0.2) is 37.5 Å². The molecule has 0 amide bonds. The van der Waals surface area contributed by atoms with Crippen LogP contribution in [0.3, 0.4) is 0 Å². The van der Waals surface area contributed by atoms with Crippen molar-refractivity contribution in [2.24, 2.45) is 0 Å². The van der Waals surface area contributed by atoms with Gasteiger partial charge in [0.1, 0.15) is 0 Å². The lowest BCUT2D eigenvalue weighted by molar-refractivity contribution is 0.0842. The summed E-state index contributed by atoms with van der Waals surface area (Å²) in [7, 11) is 2.20. The quantitative estimate of drug-likeness (QED) is 0.563. The van der Waals surface area contributed by atoms with Crippen molar-refractivity contribution in [3.63, 3.8) is 0 Å². The number of allylic oxidation sites excluding steroid dienone is 1. The molecule has 0 aromatic rings. The molecule has 0 N–H and O–H groups in total. The molecule has 0 spiro atoms. The Morgan fingerprint density at radius 2 is 1.74 bits per heavy atom. The minimum absolute atomic E-state index is 0.520. The molecule has 0 bridgehead atoms. The lowest BCUT2D eigenvalue weighted by atomic mass is 10.0. The van der Waals surface area contributed by atoms with Crippen molar-refractivity contribution in [2.45, 2.75) is 46.7 Å². The van der Waals surface area contributed by atoms with Gasteiger partial charge in [0.15, 0.2) is 0 Å². The number of hydrogen-bond donors (Lipinski definition) is 0. The first-order valence-corrected chi connectivity index (χ1v) is 7.33. The second-order valence-corrected chi connectivity index (χ2v) is 4.60. The van der Waals surface area contributed by atoms with Crippen molar-refractivity contribution in [1.29, 1.82) is 0 Å². The van der Waals surface area contributed by atoms with Crippen molar-refractivity contribution in [3.8, 4) is 0 Å². The average molecular weight is 266 g/mol. The molecule has 1 fully saturated rings. The lowest BCUT2D eigenvalue weighted by Gasteiger charge is -2.43. The Bertz CT molecular complexity index is 256. The zero-order valence-electron chi connectivity index (χ0n) is 13.9. The molecule has 0 aliphatic carbocycles. The maximum atomic E-state index is 3.91. The van der Waals surface area contributed by atoms with Gasteiger partial charge in [0.2, 0.25) is 0 Å². The van der Waals surface area contributed by atoms with Crippen LogP contribution in [0, 0.1) is 0 Å². The third-order valence-corrected chi connectivity index (χ3v) is 3.24. The molecular weight excluding hydrogens is 232 g/mol. The summed E-state index contributed by atoms with van der Waals surface area (Å²) >= 11 is 0. The van der Waals surface area contributed by atoms with Gasteiger partial charge in [0.25, 0.3) is 0 Å². The number of rotatable bonds is 3. The third kappa shape index (κ3) is 6.74. The summed E-state index contributed by atoms with van der Waals surface area (Å²) in [6, 6.07) is 1.13. The van der Waals surface area contributed by atoms with Crippen molar-refractivity contribution >= 4 is 0 Å². The van der Waals surface area contributed by atoms with Crippen LogP contribution in [0.5, 0.6) is 0 Å². The summed E-state index contributed by atoms with van der Waals surface area (Å²) in [6.45, 7) is 24.0. The van der Waals surface area contributed by atoms with Crippen molar-refractivity contribution in [2.75, 3.05) is 26.7 Å². The highest BCUT2D eigenvalue weighted by Gasteiger charge is 2.28. The predicted molar refractivity (Wildman–Crippen MR) is 89.7 cm³/mol. The highest BCUT2D eigenvalue weighted by Crippen LogP contribution is 2.19. The number of hydrogen-bond acceptors (Lipinski definition) is 2. The first kappa shape index (κ1) is 20.5. The molecule has 0 aromatic carbocycles. The van der Waals surface area contributed by atoms with Gasteiger partial charge in [-0.25, -0.2) is 0 Å². The molecule has 1 aliphatic heterocycles. The van der Waals surface area contributed by atoms with Crippen LogP contribution in [-0.2, 0) is 0 Å². The number of piperazine rings is 1. The van der Waals surface area contributed by atoms with Crippen molar-refractivity contribution in [3.05, 3.63) is 37.5 Å². The first-order chi connectivity index (χ1) is 9.10. The van der Waals surface area contributed by atoms with Crippen LogP contribution in [0.2, 0.25) is 0 Å². The Morgan fingerprint density at radius 3 is 2.11 bits per heavy atom. The second kappa shape index (κ2) is 12.2. The van der Waals surface area contributed by atoms with Crippen LogP contribution < -0.4 is 0 Å². The van der Waals surface area contributed by atoms with E-state index in [2.05, 4.69) is 63.4 Å². The third-order valence-electron chi connectivity index (χ3n) is 3.24. The van der Waals surface area contributed by atoms with Gasteiger partial charge >= 0.3 is 0 Å². The fraction of sp³-hybridized carbons (Fsp3) is 0.647.